The van der Waals surface area contributed by atoms with Crippen LogP contribution in [0.2, 0.25) is 0 Å². The molecule has 1 N–H and O–H groups in total. The predicted molar refractivity (Wildman–Crippen MR) is 85.0 cm³/mol. The number of carbonyl (C=O) groups excluding carboxylic acids is 2. The Hall–Kier alpha value is -1.89. The van der Waals surface area contributed by atoms with E-state index in [4.69, 9.17) is 0 Å². The Morgan fingerprint density at radius 1 is 1.43 bits per heavy atom. The number of carbonyl (C=O) groups is 3. The summed E-state index contributed by atoms with van der Waals surface area (Å²) in [6, 6.07) is 1.98. The Labute approximate surface area is 138 Å². The van der Waals surface area contributed by atoms with Gasteiger partial charge in [0.05, 0.1) is 5.92 Å². The molecule has 2 aliphatic rings. The zero-order chi connectivity index (χ0) is 16.6. The minimum absolute atomic E-state index is 0.0675. The molecule has 0 bridgehead atoms. The van der Waals surface area contributed by atoms with E-state index >= 15 is 0 Å². The van der Waals surface area contributed by atoms with E-state index in [1.165, 1.54) is 0 Å². The summed E-state index contributed by atoms with van der Waals surface area (Å²) in [6.45, 7) is 2.92. The highest BCUT2D eigenvalue weighted by Gasteiger charge is 2.62. The lowest BCUT2D eigenvalue weighted by Crippen LogP contribution is -2.42. The molecule has 2 fully saturated rings. The van der Waals surface area contributed by atoms with Crippen molar-refractivity contribution in [3.63, 3.8) is 0 Å². The van der Waals surface area contributed by atoms with Crippen molar-refractivity contribution < 1.29 is 19.5 Å². The molecule has 0 unspecified atom stereocenters. The molecule has 2 amide bonds. The molecule has 2 atom stereocenters. The van der Waals surface area contributed by atoms with Crippen LogP contribution in [0.1, 0.15) is 18.9 Å². The number of carboxylic acids is 1. The van der Waals surface area contributed by atoms with E-state index in [1.54, 1.807) is 21.1 Å². The molecule has 7 heteroatoms. The summed E-state index contributed by atoms with van der Waals surface area (Å²) in [7, 11) is 0. The third-order valence-electron chi connectivity index (χ3n) is 4.99. The second-order valence-electron chi connectivity index (χ2n) is 6.27. The molecule has 0 spiro atoms. The van der Waals surface area contributed by atoms with Gasteiger partial charge in [-0.2, -0.15) is 11.3 Å². The molecule has 0 aromatic carbocycles. The maximum Gasteiger partial charge on any atom is 0.314 e. The molecular formula is C16H20N2O4S. The number of thiophene rings is 1. The molecule has 6 nitrogen and oxygen atoms in total. The fraction of sp³-hybridized carbons (Fsp3) is 0.562. The quantitative estimate of drug-likeness (QED) is 0.872. The highest BCUT2D eigenvalue weighted by atomic mass is 32.1. The van der Waals surface area contributed by atoms with Crippen molar-refractivity contribution in [2.45, 2.75) is 19.8 Å². The molecule has 2 saturated heterocycles. The van der Waals surface area contributed by atoms with E-state index in [2.05, 4.69) is 0 Å². The maximum atomic E-state index is 12.4. The van der Waals surface area contributed by atoms with Gasteiger partial charge in [-0.15, -0.1) is 0 Å². The lowest BCUT2D eigenvalue weighted by molar-refractivity contribution is -0.150. The maximum absolute atomic E-state index is 12.4. The number of fused-ring (bicyclic) bond motifs is 1. The van der Waals surface area contributed by atoms with E-state index in [0.717, 1.165) is 5.56 Å². The number of likely N-dealkylation sites (tertiary alicyclic amines) is 2. The van der Waals surface area contributed by atoms with E-state index in [1.807, 2.05) is 23.8 Å². The van der Waals surface area contributed by atoms with Gasteiger partial charge in [-0.05, 0) is 35.7 Å². The number of aliphatic carboxylic acids is 1. The second kappa shape index (κ2) is 5.96. The van der Waals surface area contributed by atoms with Gasteiger partial charge in [0.2, 0.25) is 11.8 Å². The highest BCUT2D eigenvalue weighted by Crippen LogP contribution is 2.43. The third kappa shape index (κ3) is 2.63. The number of carboxylic acid groups (broad SMARTS) is 1. The largest absolute Gasteiger partial charge is 0.481 e. The normalized spacial score (nSPS) is 26.7. The summed E-state index contributed by atoms with van der Waals surface area (Å²) >= 11 is 1.59. The third-order valence-corrected chi connectivity index (χ3v) is 5.73. The zero-order valence-electron chi connectivity index (χ0n) is 13.0. The van der Waals surface area contributed by atoms with Gasteiger partial charge in [-0.3, -0.25) is 14.4 Å². The average molecular weight is 336 g/mol. The van der Waals surface area contributed by atoms with Crippen LogP contribution in [0.3, 0.4) is 0 Å². The molecule has 1 aromatic rings. The van der Waals surface area contributed by atoms with Crippen molar-refractivity contribution in [1.82, 2.24) is 9.80 Å². The Morgan fingerprint density at radius 3 is 2.78 bits per heavy atom. The molecule has 0 aliphatic carbocycles. The fourth-order valence-corrected chi connectivity index (χ4v) is 4.31. The number of hydrogen-bond donors (Lipinski definition) is 1. The number of amides is 2. The van der Waals surface area contributed by atoms with E-state index in [9.17, 15) is 19.5 Å². The molecule has 3 rings (SSSR count). The molecule has 3 heterocycles. The van der Waals surface area contributed by atoms with Crippen molar-refractivity contribution in [3.05, 3.63) is 22.4 Å². The minimum Gasteiger partial charge on any atom is -0.481 e. The Balaban J connectivity index is 1.70. The molecule has 0 radical (unpaired) electrons. The van der Waals surface area contributed by atoms with E-state index < -0.39 is 17.3 Å². The zero-order valence-corrected chi connectivity index (χ0v) is 13.8. The Kier molecular flexibility index (Phi) is 4.14. The van der Waals surface area contributed by atoms with Crippen molar-refractivity contribution in [3.8, 4) is 0 Å². The smallest absolute Gasteiger partial charge is 0.314 e. The van der Waals surface area contributed by atoms with Gasteiger partial charge in [0.15, 0.2) is 0 Å². The van der Waals surface area contributed by atoms with Gasteiger partial charge in [-0.25, -0.2) is 0 Å². The first kappa shape index (κ1) is 16.0. The van der Waals surface area contributed by atoms with Gasteiger partial charge < -0.3 is 14.9 Å². The van der Waals surface area contributed by atoms with Gasteiger partial charge in [0.1, 0.15) is 5.41 Å². The van der Waals surface area contributed by atoms with Crippen LogP contribution in [-0.2, 0) is 20.8 Å². The molecule has 1 aromatic heterocycles. The summed E-state index contributed by atoms with van der Waals surface area (Å²) in [4.78, 5) is 39.7. The van der Waals surface area contributed by atoms with Gasteiger partial charge >= 0.3 is 5.97 Å². The second-order valence-corrected chi connectivity index (χ2v) is 7.05. The van der Waals surface area contributed by atoms with E-state index in [0.29, 0.717) is 19.4 Å². The lowest BCUT2D eigenvalue weighted by Gasteiger charge is -2.24. The molecule has 124 valence electrons. The summed E-state index contributed by atoms with van der Waals surface area (Å²) in [5.74, 6) is -1.78. The molecule has 2 aliphatic heterocycles. The number of nitrogens with zero attached hydrogens (tertiary/aromatic N) is 2. The van der Waals surface area contributed by atoms with Crippen LogP contribution in [0.4, 0.5) is 0 Å². The van der Waals surface area contributed by atoms with Crippen LogP contribution in [0.15, 0.2) is 16.8 Å². The number of aryl methyl sites for hydroxylation is 1. The summed E-state index contributed by atoms with van der Waals surface area (Å²) < 4.78 is 0. The topological polar surface area (TPSA) is 77.9 Å². The standard InChI is InChI=1S/C16H20N2O4S/c1-2-17-9-16(15(21)22)10-18(7-12(16)14(17)20)13(19)4-3-11-5-6-23-8-11/h5-6,8,12H,2-4,7,9-10H2,1H3,(H,21,22)/t12-,16+/m1/s1. The van der Waals surface area contributed by atoms with Crippen molar-refractivity contribution >= 4 is 29.1 Å². The lowest BCUT2D eigenvalue weighted by atomic mass is 9.81. The van der Waals surface area contributed by atoms with Crippen molar-refractivity contribution in [2.24, 2.45) is 11.3 Å². The highest BCUT2D eigenvalue weighted by molar-refractivity contribution is 7.07. The molecule has 0 saturated carbocycles. The number of hydrogen-bond acceptors (Lipinski definition) is 4. The molecular weight excluding hydrogens is 316 g/mol. The van der Waals surface area contributed by atoms with Crippen LogP contribution in [0.25, 0.3) is 0 Å². The summed E-state index contributed by atoms with van der Waals surface area (Å²) in [6.07, 6.45) is 1.00. The van der Waals surface area contributed by atoms with E-state index in [-0.39, 0.29) is 31.4 Å². The number of rotatable bonds is 5. The Bertz CT molecular complexity index is 630. The van der Waals surface area contributed by atoms with Gasteiger partial charge in [0.25, 0.3) is 0 Å². The SMILES string of the molecule is CCN1C[C@]2(C(=O)O)CN(C(=O)CCc3ccsc3)C[C@@H]2C1=O. The van der Waals surface area contributed by atoms with Gasteiger partial charge in [0, 0.05) is 32.6 Å². The van der Waals surface area contributed by atoms with Crippen LogP contribution in [0, 0.1) is 11.3 Å². The van der Waals surface area contributed by atoms with Crippen LogP contribution >= 0.6 is 11.3 Å². The Morgan fingerprint density at radius 2 is 2.22 bits per heavy atom. The summed E-state index contributed by atoms with van der Waals surface area (Å²) in [5.41, 5.74) is -0.0191. The summed E-state index contributed by atoms with van der Waals surface area (Å²) in [5, 5.41) is 13.6. The van der Waals surface area contributed by atoms with Crippen molar-refractivity contribution in [2.75, 3.05) is 26.2 Å². The first-order valence-electron chi connectivity index (χ1n) is 7.79. The molecule has 23 heavy (non-hydrogen) atoms. The minimum atomic E-state index is -1.13. The fourth-order valence-electron chi connectivity index (χ4n) is 3.61. The monoisotopic (exact) mass is 336 g/mol. The van der Waals surface area contributed by atoms with Gasteiger partial charge in [-0.1, -0.05) is 0 Å². The first-order chi connectivity index (χ1) is 11.0. The van der Waals surface area contributed by atoms with Crippen LogP contribution in [0.5, 0.6) is 0 Å². The van der Waals surface area contributed by atoms with Crippen LogP contribution in [-0.4, -0.2) is 58.9 Å². The first-order valence-corrected chi connectivity index (χ1v) is 8.73. The predicted octanol–water partition coefficient (Wildman–Crippen LogP) is 1.07. The van der Waals surface area contributed by atoms with Crippen LogP contribution < -0.4 is 0 Å². The average Bonchev–Trinajstić information content (AvgIpc) is 3.21. The van der Waals surface area contributed by atoms with Crippen molar-refractivity contribution in [1.29, 1.82) is 0 Å².